The molecule has 0 N–H and O–H groups in total. The van der Waals surface area contributed by atoms with Crippen LogP contribution >= 0.6 is 11.8 Å². The largest absolute Gasteiger partial charge is 0.497 e. The van der Waals surface area contributed by atoms with E-state index in [-0.39, 0.29) is 5.91 Å². The minimum atomic E-state index is 0.0863. The molecule has 1 aromatic carbocycles. The maximum absolute atomic E-state index is 12.9. The van der Waals surface area contributed by atoms with Crippen molar-refractivity contribution in [1.82, 2.24) is 14.5 Å². The Morgan fingerprint density at radius 3 is 2.73 bits per heavy atom. The van der Waals surface area contributed by atoms with Crippen LogP contribution in [0.3, 0.4) is 0 Å². The number of hydrogen-bond acceptors (Lipinski definition) is 4. The summed E-state index contributed by atoms with van der Waals surface area (Å²) in [5.41, 5.74) is 1.54. The first-order chi connectivity index (χ1) is 12.8. The molecule has 2 aromatic heterocycles. The van der Waals surface area contributed by atoms with Crippen molar-refractivity contribution in [2.75, 3.05) is 20.2 Å². The van der Waals surface area contributed by atoms with Crippen LogP contribution in [0.15, 0.2) is 58.6 Å². The second kappa shape index (κ2) is 7.41. The van der Waals surface area contributed by atoms with Gasteiger partial charge in [0.25, 0.3) is 5.91 Å². The Morgan fingerprint density at radius 2 is 1.92 bits per heavy atom. The molecule has 5 nitrogen and oxygen atoms in total. The topological polar surface area (TPSA) is 46.8 Å². The Balaban J connectivity index is 1.65. The number of piperidine rings is 1. The van der Waals surface area contributed by atoms with E-state index in [0.717, 1.165) is 47.1 Å². The van der Waals surface area contributed by atoms with Crippen molar-refractivity contribution in [1.29, 1.82) is 0 Å². The first-order valence-corrected chi connectivity index (χ1v) is 9.66. The predicted molar refractivity (Wildman–Crippen MR) is 102 cm³/mol. The quantitative estimate of drug-likeness (QED) is 0.696. The SMILES string of the molecule is COc1cccc(Sc2cccc3c(C(=O)N4CCCCC4)cnn23)c1. The number of methoxy groups -OCH3 is 1. The second-order valence-electron chi connectivity index (χ2n) is 6.35. The predicted octanol–water partition coefficient (Wildman–Crippen LogP) is 4.12. The number of pyridine rings is 1. The number of carbonyl (C=O) groups is 1. The fourth-order valence-electron chi connectivity index (χ4n) is 3.28. The average molecular weight is 367 g/mol. The maximum atomic E-state index is 12.9. The lowest BCUT2D eigenvalue weighted by molar-refractivity contribution is 0.0726. The molecule has 3 heterocycles. The number of hydrogen-bond donors (Lipinski definition) is 0. The molecule has 0 radical (unpaired) electrons. The number of aromatic nitrogens is 2. The maximum Gasteiger partial charge on any atom is 0.257 e. The number of carbonyl (C=O) groups excluding carboxylic acids is 1. The summed E-state index contributed by atoms with van der Waals surface area (Å²) in [6.07, 6.45) is 5.07. The molecule has 1 amide bonds. The molecule has 26 heavy (non-hydrogen) atoms. The molecule has 6 heteroatoms. The summed E-state index contributed by atoms with van der Waals surface area (Å²) in [5.74, 6) is 0.909. The van der Waals surface area contributed by atoms with Crippen molar-refractivity contribution in [2.45, 2.75) is 29.2 Å². The van der Waals surface area contributed by atoms with Crippen LogP contribution in [0.1, 0.15) is 29.6 Å². The Hall–Kier alpha value is -2.47. The van der Waals surface area contributed by atoms with E-state index in [1.54, 1.807) is 25.1 Å². The summed E-state index contributed by atoms with van der Waals surface area (Å²) in [4.78, 5) is 15.9. The third-order valence-corrected chi connectivity index (χ3v) is 5.65. The first-order valence-electron chi connectivity index (χ1n) is 8.84. The highest BCUT2D eigenvalue weighted by atomic mass is 32.2. The molecule has 134 valence electrons. The van der Waals surface area contributed by atoms with E-state index >= 15 is 0 Å². The van der Waals surface area contributed by atoms with E-state index in [4.69, 9.17) is 4.74 Å². The zero-order valence-electron chi connectivity index (χ0n) is 14.7. The molecule has 0 bridgehead atoms. The molecule has 0 saturated carbocycles. The van der Waals surface area contributed by atoms with Crippen LogP contribution in [-0.4, -0.2) is 40.6 Å². The van der Waals surface area contributed by atoms with Gasteiger partial charge < -0.3 is 9.64 Å². The van der Waals surface area contributed by atoms with Gasteiger partial charge in [-0.25, -0.2) is 4.52 Å². The van der Waals surface area contributed by atoms with Gasteiger partial charge in [-0.1, -0.05) is 23.9 Å². The van der Waals surface area contributed by atoms with Crippen molar-refractivity contribution in [3.63, 3.8) is 0 Å². The van der Waals surface area contributed by atoms with Gasteiger partial charge in [-0.3, -0.25) is 4.79 Å². The zero-order chi connectivity index (χ0) is 17.9. The molecule has 1 aliphatic rings. The Kier molecular flexibility index (Phi) is 4.84. The number of fused-ring (bicyclic) bond motifs is 1. The third-order valence-electron chi connectivity index (χ3n) is 4.65. The lowest BCUT2D eigenvalue weighted by atomic mass is 10.1. The monoisotopic (exact) mass is 367 g/mol. The number of nitrogens with zero attached hydrogens (tertiary/aromatic N) is 3. The Labute approximate surface area is 157 Å². The van der Waals surface area contributed by atoms with Gasteiger partial charge in [0.1, 0.15) is 10.8 Å². The summed E-state index contributed by atoms with van der Waals surface area (Å²) in [5, 5.41) is 5.46. The van der Waals surface area contributed by atoms with Crippen LogP contribution in [0.5, 0.6) is 5.75 Å². The molecule has 4 rings (SSSR count). The number of ether oxygens (including phenoxy) is 1. The minimum absolute atomic E-state index is 0.0863. The average Bonchev–Trinajstić information content (AvgIpc) is 3.13. The molecule has 1 saturated heterocycles. The van der Waals surface area contributed by atoms with Gasteiger partial charge in [0.05, 0.1) is 24.4 Å². The number of amides is 1. The van der Waals surface area contributed by atoms with Crippen LogP contribution in [-0.2, 0) is 0 Å². The van der Waals surface area contributed by atoms with E-state index in [1.165, 1.54) is 6.42 Å². The van der Waals surface area contributed by atoms with E-state index in [1.807, 2.05) is 51.9 Å². The van der Waals surface area contributed by atoms with Crippen molar-refractivity contribution in [3.8, 4) is 5.75 Å². The summed E-state index contributed by atoms with van der Waals surface area (Å²) >= 11 is 1.60. The van der Waals surface area contributed by atoms with Gasteiger partial charge >= 0.3 is 0 Å². The molecule has 1 aliphatic heterocycles. The Bertz CT molecular complexity index is 932. The molecule has 0 atom stereocenters. The summed E-state index contributed by atoms with van der Waals surface area (Å²) in [6.45, 7) is 1.68. The van der Waals surface area contributed by atoms with Crippen LogP contribution in [0.4, 0.5) is 0 Å². The fraction of sp³-hybridized carbons (Fsp3) is 0.300. The zero-order valence-corrected chi connectivity index (χ0v) is 15.5. The molecular weight excluding hydrogens is 346 g/mol. The van der Waals surface area contributed by atoms with Crippen LogP contribution in [0.2, 0.25) is 0 Å². The fourth-order valence-corrected chi connectivity index (χ4v) is 4.22. The normalized spacial score (nSPS) is 14.6. The molecule has 1 fully saturated rings. The van der Waals surface area contributed by atoms with Gasteiger partial charge in [-0.05, 0) is 49.6 Å². The Morgan fingerprint density at radius 1 is 1.12 bits per heavy atom. The van der Waals surface area contributed by atoms with Gasteiger partial charge in [-0.15, -0.1) is 0 Å². The lowest BCUT2D eigenvalue weighted by Crippen LogP contribution is -2.35. The van der Waals surface area contributed by atoms with Crippen LogP contribution < -0.4 is 4.74 Å². The first kappa shape index (κ1) is 17.0. The molecule has 0 unspecified atom stereocenters. The van der Waals surface area contributed by atoms with Crippen molar-refractivity contribution < 1.29 is 9.53 Å². The van der Waals surface area contributed by atoms with Crippen LogP contribution in [0, 0.1) is 0 Å². The molecule has 0 aliphatic carbocycles. The van der Waals surface area contributed by atoms with E-state index in [9.17, 15) is 4.79 Å². The lowest BCUT2D eigenvalue weighted by Gasteiger charge is -2.26. The van der Waals surface area contributed by atoms with E-state index in [2.05, 4.69) is 5.10 Å². The van der Waals surface area contributed by atoms with E-state index < -0.39 is 0 Å². The highest BCUT2D eigenvalue weighted by molar-refractivity contribution is 7.99. The van der Waals surface area contributed by atoms with Gasteiger partial charge in [0.2, 0.25) is 0 Å². The van der Waals surface area contributed by atoms with E-state index in [0.29, 0.717) is 5.56 Å². The van der Waals surface area contributed by atoms with Gasteiger partial charge in [0.15, 0.2) is 0 Å². The minimum Gasteiger partial charge on any atom is -0.497 e. The molecule has 3 aromatic rings. The highest BCUT2D eigenvalue weighted by Crippen LogP contribution is 2.31. The molecular formula is C20H21N3O2S. The number of likely N-dealkylation sites (tertiary alicyclic amines) is 1. The van der Waals surface area contributed by atoms with Crippen molar-refractivity contribution in [3.05, 3.63) is 54.2 Å². The van der Waals surface area contributed by atoms with Crippen LogP contribution in [0.25, 0.3) is 5.52 Å². The van der Waals surface area contributed by atoms with Gasteiger partial charge in [-0.2, -0.15) is 5.10 Å². The van der Waals surface area contributed by atoms with Gasteiger partial charge in [0, 0.05) is 18.0 Å². The standard InChI is InChI=1S/C20H21N3O2S/c1-25-15-7-5-8-16(13-15)26-19-10-6-9-18-17(14-21-23(18)19)20(24)22-11-3-2-4-12-22/h5-10,13-14H,2-4,11-12H2,1H3. The number of benzene rings is 1. The highest BCUT2D eigenvalue weighted by Gasteiger charge is 2.22. The summed E-state index contributed by atoms with van der Waals surface area (Å²) < 4.78 is 7.15. The van der Waals surface area contributed by atoms with Crippen molar-refractivity contribution in [2.24, 2.45) is 0 Å². The summed E-state index contributed by atoms with van der Waals surface area (Å²) in [7, 11) is 1.66. The molecule has 0 spiro atoms. The third kappa shape index (κ3) is 3.29. The number of rotatable bonds is 4. The second-order valence-corrected chi connectivity index (χ2v) is 7.45. The summed E-state index contributed by atoms with van der Waals surface area (Å²) in [6, 6.07) is 13.9. The van der Waals surface area contributed by atoms with Crippen molar-refractivity contribution >= 4 is 23.2 Å². The smallest absolute Gasteiger partial charge is 0.257 e.